The molecule has 0 heterocycles. The van der Waals surface area contributed by atoms with Gasteiger partial charge < -0.3 is 4.90 Å². The molecule has 0 bridgehead atoms. The molecular formula is C13H21N. The minimum atomic E-state index is 0.480. The molecule has 0 fully saturated rings. The highest BCUT2D eigenvalue weighted by molar-refractivity contribution is 5.29. The van der Waals surface area contributed by atoms with E-state index in [0.717, 1.165) is 11.3 Å². The van der Waals surface area contributed by atoms with E-state index in [1.165, 1.54) is 0 Å². The van der Waals surface area contributed by atoms with Crippen LogP contribution in [0, 0.1) is 5.92 Å². The summed E-state index contributed by atoms with van der Waals surface area (Å²) in [6, 6.07) is 0. The smallest absolute Gasteiger partial charge is 0.0402 e. The normalized spacial score (nSPS) is 12.2. The predicted molar refractivity (Wildman–Crippen MR) is 64.8 cm³/mol. The van der Waals surface area contributed by atoms with Gasteiger partial charge in [-0.05, 0) is 31.2 Å². The van der Waals surface area contributed by atoms with Gasteiger partial charge in [-0.2, -0.15) is 0 Å². The standard InChI is InChI=1S/C13H21N/c1-7-9-13(14(6)8-2)10-12(5)11(3)4/h7-11H,2,5H2,1,3-4,6H3/b9-7-,13-10-. The molecule has 0 aromatic carbocycles. The van der Waals surface area contributed by atoms with E-state index < -0.39 is 0 Å². The predicted octanol–water partition coefficient (Wildman–Crippen LogP) is 3.73. The quantitative estimate of drug-likeness (QED) is 0.598. The molecular weight excluding hydrogens is 170 g/mol. The van der Waals surface area contributed by atoms with Gasteiger partial charge in [-0.1, -0.05) is 38.7 Å². The number of rotatable bonds is 5. The molecule has 1 heteroatoms. The minimum absolute atomic E-state index is 0.480. The molecule has 0 saturated heterocycles. The monoisotopic (exact) mass is 191 g/mol. The van der Waals surface area contributed by atoms with E-state index in [-0.39, 0.29) is 0 Å². The summed E-state index contributed by atoms with van der Waals surface area (Å²) in [7, 11) is 1.98. The topological polar surface area (TPSA) is 3.24 Å². The largest absolute Gasteiger partial charge is 0.352 e. The second-order valence-corrected chi connectivity index (χ2v) is 3.59. The molecule has 0 aliphatic rings. The Morgan fingerprint density at radius 3 is 2.29 bits per heavy atom. The van der Waals surface area contributed by atoms with Crippen molar-refractivity contribution in [2.75, 3.05) is 7.05 Å². The maximum Gasteiger partial charge on any atom is 0.0402 e. The van der Waals surface area contributed by atoms with Crippen LogP contribution in [0.5, 0.6) is 0 Å². The Bertz CT molecular complexity index is 256. The Hall–Kier alpha value is -1.24. The van der Waals surface area contributed by atoms with Gasteiger partial charge in [0.1, 0.15) is 0 Å². The van der Waals surface area contributed by atoms with Crippen LogP contribution in [0.2, 0.25) is 0 Å². The Morgan fingerprint density at radius 1 is 1.36 bits per heavy atom. The fourth-order valence-corrected chi connectivity index (χ4v) is 0.900. The van der Waals surface area contributed by atoms with Crippen molar-refractivity contribution in [3.63, 3.8) is 0 Å². The molecule has 0 aliphatic carbocycles. The van der Waals surface area contributed by atoms with Crippen molar-refractivity contribution >= 4 is 0 Å². The molecule has 0 radical (unpaired) electrons. The lowest BCUT2D eigenvalue weighted by molar-refractivity contribution is 0.587. The van der Waals surface area contributed by atoms with Gasteiger partial charge in [0, 0.05) is 12.7 Å². The van der Waals surface area contributed by atoms with Crippen LogP contribution in [0.1, 0.15) is 20.8 Å². The molecule has 0 aromatic rings. The van der Waals surface area contributed by atoms with Gasteiger partial charge >= 0.3 is 0 Å². The first-order valence-corrected chi connectivity index (χ1v) is 4.91. The van der Waals surface area contributed by atoms with Crippen LogP contribution in [0.25, 0.3) is 0 Å². The highest BCUT2D eigenvalue weighted by Crippen LogP contribution is 2.13. The molecule has 0 unspecified atom stereocenters. The van der Waals surface area contributed by atoms with E-state index in [4.69, 9.17) is 0 Å². The first kappa shape index (κ1) is 12.8. The van der Waals surface area contributed by atoms with Gasteiger partial charge in [-0.3, -0.25) is 0 Å². The van der Waals surface area contributed by atoms with E-state index in [2.05, 4.69) is 39.2 Å². The molecule has 0 atom stereocenters. The molecule has 0 N–H and O–H groups in total. The van der Waals surface area contributed by atoms with Crippen molar-refractivity contribution in [3.05, 3.63) is 48.9 Å². The zero-order chi connectivity index (χ0) is 11.1. The third-order valence-corrected chi connectivity index (χ3v) is 2.09. The Morgan fingerprint density at radius 2 is 1.93 bits per heavy atom. The van der Waals surface area contributed by atoms with E-state index in [1.807, 2.05) is 24.9 Å². The van der Waals surface area contributed by atoms with Gasteiger partial charge in [0.2, 0.25) is 0 Å². The zero-order valence-corrected chi connectivity index (χ0v) is 9.75. The van der Waals surface area contributed by atoms with Crippen LogP contribution >= 0.6 is 0 Å². The third-order valence-electron chi connectivity index (χ3n) is 2.09. The molecule has 0 amide bonds. The Balaban J connectivity index is 4.81. The number of hydrogen-bond donors (Lipinski definition) is 0. The number of allylic oxidation sites excluding steroid dienone is 4. The average molecular weight is 191 g/mol. The molecule has 14 heavy (non-hydrogen) atoms. The van der Waals surface area contributed by atoms with Crippen molar-refractivity contribution in [2.45, 2.75) is 20.8 Å². The van der Waals surface area contributed by atoms with E-state index in [9.17, 15) is 0 Å². The third kappa shape index (κ3) is 4.13. The maximum atomic E-state index is 4.02. The summed E-state index contributed by atoms with van der Waals surface area (Å²) in [6.45, 7) is 14.0. The van der Waals surface area contributed by atoms with Crippen LogP contribution in [-0.4, -0.2) is 11.9 Å². The summed E-state index contributed by atoms with van der Waals surface area (Å²) in [4.78, 5) is 1.98. The maximum absolute atomic E-state index is 4.02. The summed E-state index contributed by atoms with van der Waals surface area (Å²) in [5.41, 5.74) is 2.24. The summed E-state index contributed by atoms with van der Waals surface area (Å²) in [5, 5.41) is 0. The van der Waals surface area contributed by atoms with E-state index in [0.29, 0.717) is 5.92 Å². The lowest BCUT2D eigenvalue weighted by Crippen LogP contribution is -2.08. The fraction of sp³-hybridized carbons (Fsp3) is 0.385. The van der Waals surface area contributed by atoms with Crippen LogP contribution in [-0.2, 0) is 0 Å². The lowest BCUT2D eigenvalue weighted by Gasteiger charge is -2.16. The summed E-state index contributed by atoms with van der Waals surface area (Å²) in [5.74, 6) is 0.480. The number of hydrogen-bond acceptors (Lipinski definition) is 1. The second-order valence-electron chi connectivity index (χ2n) is 3.59. The van der Waals surface area contributed by atoms with Gasteiger partial charge in [-0.15, -0.1) is 0 Å². The van der Waals surface area contributed by atoms with Crippen molar-refractivity contribution in [1.29, 1.82) is 0 Å². The summed E-state index contributed by atoms with van der Waals surface area (Å²) in [6.07, 6.45) is 7.94. The molecule has 0 spiro atoms. The summed E-state index contributed by atoms with van der Waals surface area (Å²) >= 11 is 0. The first-order valence-electron chi connectivity index (χ1n) is 4.91. The second kappa shape index (κ2) is 6.25. The Kier molecular flexibility index (Phi) is 5.70. The number of likely N-dealkylation sites (N-methyl/N-ethyl adjacent to an activating group) is 1. The van der Waals surface area contributed by atoms with Crippen LogP contribution < -0.4 is 0 Å². The first-order chi connectivity index (χ1) is 6.52. The van der Waals surface area contributed by atoms with Gasteiger partial charge in [-0.25, -0.2) is 0 Å². The Labute approximate surface area is 88.1 Å². The fourth-order valence-electron chi connectivity index (χ4n) is 0.900. The number of nitrogens with zero attached hydrogens (tertiary/aromatic N) is 1. The minimum Gasteiger partial charge on any atom is -0.352 e. The highest BCUT2D eigenvalue weighted by Gasteiger charge is 2.00. The molecule has 1 nitrogen and oxygen atoms in total. The van der Waals surface area contributed by atoms with Crippen molar-refractivity contribution < 1.29 is 0 Å². The van der Waals surface area contributed by atoms with E-state index in [1.54, 1.807) is 6.20 Å². The summed E-state index contributed by atoms with van der Waals surface area (Å²) < 4.78 is 0. The van der Waals surface area contributed by atoms with Crippen LogP contribution in [0.3, 0.4) is 0 Å². The molecule has 0 aliphatic heterocycles. The highest BCUT2D eigenvalue weighted by atomic mass is 15.1. The van der Waals surface area contributed by atoms with Crippen molar-refractivity contribution in [2.24, 2.45) is 5.92 Å². The molecule has 0 saturated carbocycles. The van der Waals surface area contributed by atoms with Gasteiger partial charge in [0.25, 0.3) is 0 Å². The van der Waals surface area contributed by atoms with E-state index >= 15 is 0 Å². The van der Waals surface area contributed by atoms with Crippen molar-refractivity contribution in [3.8, 4) is 0 Å². The van der Waals surface area contributed by atoms with Crippen LogP contribution in [0.4, 0.5) is 0 Å². The lowest BCUT2D eigenvalue weighted by atomic mass is 10.0. The zero-order valence-electron chi connectivity index (χ0n) is 9.75. The molecule has 78 valence electrons. The van der Waals surface area contributed by atoms with Crippen LogP contribution in [0.15, 0.2) is 48.9 Å². The van der Waals surface area contributed by atoms with Crippen molar-refractivity contribution in [1.82, 2.24) is 4.90 Å². The molecule has 0 aromatic heterocycles. The van der Waals surface area contributed by atoms with Gasteiger partial charge in [0.05, 0.1) is 0 Å². The van der Waals surface area contributed by atoms with Gasteiger partial charge in [0.15, 0.2) is 0 Å². The molecule has 0 rings (SSSR count). The average Bonchev–Trinajstić information content (AvgIpc) is 2.15. The SMILES string of the molecule is C=CN(C)C(/C=C\C)=C\C(=C)C(C)C.